The molecule has 0 rings (SSSR count). The molecule has 9 heteroatoms. The number of quaternary nitrogens is 1. The van der Waals surface area contributed by atoms with Crippen LogP contribution in [0.5, 0.6) is 0 Å². The van der Waals surface area contributed by atoms with Crippen molar-refractivity contribution in [2.24, 2.45) is 0 Å². The van der Waals surface area contributed by atoms with Crippen molar-refractivity contribution in [2.45, 2.75) is 193 Å². The lowest BCUT2D eigenvalue weighted by Crippen LogP contribution is -2.37. The highest BCUT2D eigenvalue weighted by atomic mass is 31.2. The molecule has 0 radical (unpaired) electrons. The fraction of sp³-hybridized carbons (Fsp3) is 0.844. The first-order chi connectivity index (χ1) is 26.1. The van der Waals surface area contributed by atoms with E-state index in [0.717, 1.165) is 57.8 Å². The number of phosphoric acid groups is 1. The van der Waals surface area contributed by atoms with Crippen LogP contribution in [0.4, 0.5) is 0 Å². The number of likely N-dealkylation sites (N-methyl/N-ethyl adjacent to an activating group) is 1. The lowest BCUT2D eigenvalue weighted by atomic mass is 10.1. The van der Waals surface area contributed by atoms with E-state index >= 15 is 0 Å². The summed E-state index contributed by atoms with van der Waals surface area (Å²) in [4.78, 5) is 22.9. The summed E-state index contributed by atoms with van der Waals surface area (Å²) in [6.45, 7) is 5.57. The van der Waals surface area contributed by atoms with Crippen molar-refractivity contribution in [3.05, 3.63) is 36.5 Å². The second kappa shape index (κ2) is 38.6. The van der Waals surface area contributed by atoms with Gasteiger partial charge in [-0.25, -0.2) is 4.57 Å². The number of nitrogens with zero attached hydrogens (tertiary/aromatic N) is 1. The fourth-order valence-corrected chi connectivity index (χ4v) is 6.67. The molecule has 0 saturated carbocycles. The highest BCUT2D eigenvalue weighted by Gasteiger charge is 2.26. The van der Waals surface area contributed by atoms with Gasteiger partial charge in [0.25, 0.3) is 0 Å². The average molecular weight is 785 g/mol. The van der Waals surface area contributed by atoms with Gasteiger partial charge in [0.05, 0.1) is 34.4 Å². The third kappa shape index (κ3) is 41.9. The molecular formula is C45H87NO7P+. The standard InChI is InChI=1S/C45H86NO7P/c1-6-8-10-12-14-16-18-20-22-23-25-27-29-31-33-35-37-40-50-42-44(43-52-54(48,49)51-41-39-46(3,4)5)53-45(47)38-36-34-32-30-28-26-24-21-19-17-15-13-11-9-7-2/h16,18,21-24,44H,6-15,17,19-20,25-43H2,1-5H3/p+1/b18-16-,23-22-,24-21-. The van der Waals surface area contributed by atoms with E-state index in [2.05, 4.69) is 50.3 Å². The molecule has 8 nitrogen and oxygen atoms in total. The molecule has 0 aliphatic rings. The van der Waals surface area contributed by atoms with Crippen molar-refractivity contribution in [3.63, 3.8) is 0 Å². The summed E-state index contributed by atoms with van der Waals surface area (Å²) in [6, 6.07) is 0. The van der Waals surface area contributed by atoms with Gasteiger partial charge in [-0.15, -0.1) is 0 Å². The predicted octanol–water partition coefficient (Wildman–Crippen LogP) is 13.0. The molecule has 0 heterocycles. The number of esters is 1. The molecule has 0 aromatic rings. The molecule has 0 aromatic carbocycles. The minimum atomic E-state index is -4.28. The zero-order valence-corrected chi connectivity index (χ0v) is 36.9. The van der Waals surface area contributed by atoms with Crippen LogP contribution in [0.1, 0.15) is 187 Å². The number of carbonyl (C=O) groups is 1. The van der Waals surface area contributed by atoms with Gasteiger partial charge in [-0.1, -0.05) is 147 Å². The Balaban J connectivity index is 4.26. The second-order valence-electron chi connectivity index (χ2n) is 16.1. The van der Waals surface area contributed by atoms with E-state index in [0.29, 0.717) is 24.1 Å². The number of rotatable bonds is 41. The van der Waals surface area contributed by atoms with Crippen molar-refractivity contribution < 1.29 is 37.3 Å². The number of ether oxygens (including phenoxy) is 2. The molecule has 0 saturated heterocycles. The number of unbranched alkanes of at least 4 members (excludes halogenated alkanes) is 21. The van der Waals surface area contributed by atoms with E-state index in [4.69, 9.17) is 18.5 Å². The topological polar surface area (TPSA) is 91.3 Å². The summed E-state index contributed by atoms with van der Waals surface area (Å²) in [7, 11) is 1.65. The molecule has 0 amide bonds. The second-order valence-corrected chi connectivity index (χ2v) is 17.5. The van der Waals surface area contributed by atoms with Crippen molar-refractivity contribution in [1.29, 1.82) is 0 Å². The summed E-state index contributed by atoms with van der Waals surface area (Å²) < 4.78 is 35.0. The predicted molar refractivity (Wildman–Crippen MR) is 229 cm³/mol. The zero-order chi connectivity index (χ0) is 39.9. The number of allylic oxidation sites excluding steroid dienone is 6. The highest BCUT2D eigenvalue weighted by Crippen LogP contribution is 2.43. The average Bonchev–Trinajstić information content (AvgIpc) is 3.12. The first-order valence-electron chi connectivity index (χ1n) is 22.2. The number of hydrogen-bond donors (Lipinski definition) is 1. The quantitative estimate of drug-likeness (QED) is 0.0217. The Labute approximate surface area is 334 Å². The van der Waals surface area contributed by atoms with Crippen LogP contribution in [0.15, 0.2) is 36.5 Å². The van der Waals surface area contributed by atoms with E-state index in [1.54, 1.807) is 0 Å². The third-order valence-corrected chi connectivity index (χ3v) is 10.4. The SMILES string of the molecule is CCCCCC/C=C\C/C=C\CCCCCCCCOCC(COP(=O)(O)OCC[N+](C)(C)C)OC(=O)CCCCCCC/C=C\CCCCCCCC. The van der Waals surface area contributed by atoms with Crippen molar-refractivity contribution in [1.82, 2.24) is 0 Å². The highest BCUT2D eigenvalue weighted by molar-refractivity contribution is 7.47. The fourth-order valence-electron chi connectivity index (χ4n) is 5.93. The van der Waals surface area contributed by atoms with Crippen LogP contribution in [0.2, 0.25) is 0 Å². The van der Waals surface area contributed by atoms with E-state index in [1.165, 1.54) is 109 Å². The molecule has 2 atom stereocenters. The van der Waals surface area contributed by atoms with Gasteiger partial charge in [0.2, 0.25) is 0 Å². The van der Waals surface area contributed by atoms with Gasteiger partial charge in [-0.3, -0.25) is 13.8 Å². The van der Waals surface area contributed by atoms with E-state index in [1.807, 2.05) is 21.1 Å². The Morgan fingerprint density at radius 2 is 1.02 bits per heavy atom. The third-order valence-electron chi connectivity index (χ3n) is 9.42. The van der Waals surface area contributed by atoms with Crippen LogP contribution in [-0.4, -0.2) is 75.6 Å². The van der Waals surface area contributed by atoms with Crippen molar-refractivity contribution in [2.75, 3.05) is 54.1 Å². The molecule has 0 aliphatic carbocycles. The van der Waals surface area contributed by atoms with Gasteiger partial charge in [0.1, 0.15) is 19.3 Å². The molecule has 0 spiro atoms. The zero-order valence-electron chi connectivity index (χ0n) is 36.0. The van der Waals surface area contributed by atoms with Gasteiger partial charge in [0, 0.05) is 13.0 Å². The minimum absolute atomic E-state index is 0.0846. The first kappa shape index (κ1) is 52.7. The summed E-state index contributed by atoms with van der Waals surface area (Å²) in [5.74, 6) is -0.326. The maximum atomic E-state index is 12.7. The summed E-state index contributed by atoms with van der Waals surface area (Å²) in [5.41, 5.74) is 0. The van der Waals surface area contributed by atoms with E-state index < -0.39 is 13.9 Å². The van der Waals surface area contributed by atoms with Crippen LogP contribution >= 0.6 is 7.82 Å². The monoisotopic (exact) mass is 785 g/mol. The van der Waals surface area contributed by atoms with Gasteiger partial charge < -0.3 is 18.9 Å². The normalized spacial score (nSPS) is 14.1. The molecule has 0 fully saturated rings. The van der Waals surface area contributed by atoms with Gasteiger partial charge in [-0.2, -0.15) is 0 Å². The molecule has 318 valence electrons. The summed E-state index contributed by atoms with van der Waals surface area (Å²) in [6.07, 6.45) is 44.6. The van der Waals surface area contributed by atoms with Crippen LogP contribution in [0.3, 0.4) is 0 Å². The van der Waals surface area contributed by atoms with E-state index in [9.17, 15) is 14.3 Å². The van der Waals surface area contributed by atoms with Crippen molar-refractivity contribution in [3.8, 4) is 0 Å². The number of hydrogen-bond acceptors (Lipinski definition) is 6. The molecule has 0 aromatic heterocycles. The van der Waals surface area contributed by atoms with Crippen LogP contribution in [0.25, 0.3) is 0 Å². The molecule has 54 heavy (non-hydrogen) atoms. The minimum Gasteiger partial charge on any atom is -0.457 e. The van der Waals surface area contributed by atoms with Gasteiger partial charge >= 0.3 is 13.8 Å². The van der Waals surface area contributed by atoms with Crippen LogP contribution in [-0.2, 0) is 27.9 Å². The summed E-state index contributed by atoms with van der Waals surface area (Å²) in [5, 5.41) is 0. The Hall–Kier alpha value is -1.28. The largest absolute Gasteiger partial charge is 0.472 e. The molecule has 0 aliphatic heterocycles. The van der Waals surface area contributed by atoms with Gasteiger partial charge in [-0.05, 0) is 70.6 Å². The molecule has 0 bridgehead atoms. The van der Waals surface area contributed by atoms with E-state index in [-0.39, 0.29) is 25.8 Å². The first-order valence-corrected chi connectivity index (χ1v) is 23.7. The Morgan fingerprint density at radius 3 is 1.54 bits per heavy atom. The lowest BCUT2D eigenvalue weighted by molar-refractivity contribution is -0.870. The molecule has 1 N–H and O–H groups in total. The summed E-state index contributed by atoms with van der Waals surface area (Å²) >= 11 is 0. The molecular weight excluding hydrogens is 697 g/mol. The Bertz CT molecular complexity index is 962. The number of carbonyl (C=O) groups excluding carboxylic acids is 1. The Kier molecular flexibility index (Phi) is 37.7. The maximum Gasteiger partial charge on any atom is 0.472 e. The van der Waals surface area contributed by atoms with Crippen molar-refractivity contribution >= 4 is 13.8 Å². The van der Waals surface area contributed by atoms with Crippen LogP contribution < -0.4 is 0 Å². The van der Waals surface area contributed by atoms with Gasteiger partial charge in [0.15, 0.2) is 0 Å². The molecule has 2 unspecified atom stereocenters. The Morgan fingerprint density at radius 1 is 0.574 bits per heavy atom. The smallest absolute Gasteiger partial charge is 0.457 e. The maximum absolute atomic E-state index is 12.7. The van der Waals surface area contributed by atoms with Crippen LogP contribution in [0, 0.1) is 0 Å². The lowest BCUT2D eigenvalue weighted by Gasteiger charge is -2.24. The number of phosphoric ester groups is 1.